The maximum atomic E-state index is 12.9. The van der Waals surface area contributed by atoms with E-state index in [1.807, 2.05) is 31.4 Å². The molecule has 0 unspecified atom stereocenters. The van der Waals surface area contributed by atoms with Crippen LogP contribution in [0.15, 0.2) is 58.8 Å². The third-order valence-electron chi connectivity index (χ3n) is 5.47. The number of hydrogen-bond acceptors (Lipinski definition) is 5. The molecule has 0 aliphatic carbocycles. The Balaban J connectivity index is 1.69. The fourth-order valence-corrected chi connectivity index (χ4v) is 5.58. The van der Waals surface area contributed by atoms with Crippen molar-refractivity contribution in [3.8, 4) is 11.3 Å². The van der Waals surface area contributed by atoms with Gasteiger partial charge >= 0.3 is 0 Å². The van der Waals surface area contributed by atoms with E-state index in [1.165, 1.54) is 45.5 Å². The number of unbranched alkanes of at least 4 members (excludes halogenated alkanes) is 1. The summed E-state index contributed by atoms with van der Waals surface area (Å²) in [5.41, 5.74) is 3.44. The van der Waals surface area contributed by atoms with Gasteiger partial charge in [0.05, 0.1) is 10.6 Å². The zero-order chi connectivity index (χ0) is 24.0. The molecule has 8 heteroatoms. The van der Waals surface area contributed by atoms with Gasteiger partial charge in [-0.05, 0) is 42.2 Å². The average Bonchev–Trinajstić information content (AvgIpc) is 3.28. The number of nitrogens with one attached hydrogen (secondary N) is 1. The van der Waals surface area contributed by atoms with E-state index in [2.05, 4.69) is 36.3 Å². The van der Waals surface area contributed by atoms with Crippen molar-refractivity contribution in [3.05, 3.63) is 65.0 Å². The first kappa shape index (κ1) is 25.1. The standard InChI is InChI=1S/C25H31N3O3S2/c1-5-7-16-28(6-2)33(30,31)22-14-12-21(13-15-22)24(29)27-25-26-23(17-32-25)20-10-8-19(9-11-20)18(3)4/h8-15,17-18H,5-7,16H2,1-4H3,(H,26,27,29). The number of benzene rings is 2. The SMILES string of the molecule is CCCCN(CC)S(=O)(=O)c1ccc(C(=O)Nc2nc(-c3ccc(C(C)C)cc3)cs2)cc1. The number of nitrogens with zero attached hydrogens (tertiary/aromatic N) is 2. The largest absolute Gasteiger partial charge is 0.298 e. The maximum Gasteiger partial charge on any atom is 0.257 e. The molecule has 0 aliphatic rings. The van der Waals surface area contributed by atoms with Gasteiger partial charge in [0.15, 0.2) is 5.13 Å². The van der Waals surface area contributed by atoms with Crippen molar-refractivity contribution < 1.29 is 13.2 Å². The van der Waals surface area contributed by atoms with Crippen LogP contribution >= 0.6 is 11.3 Å². The van der Waals surface area contributed by atoms with E-state index in [1.54, 1.807) is 0 Å². The molecule has 1 amide bonds. The highest BCUT2D eigenvalue weighted by atomic mass is 32.2. The molecule has 0 saturated heterocycles. The summed E-state index contributed by atoms with van der Waals surface area (Å²) in [6.45, 7) is 9.07. The van der Waals surface area contributed by atoms with E-state index in [0.717, 1.165) is 24.1 Å². The van der Waals surface area contributed by atoms with Crippen molar-refractivity contribution in [2.24, 2.45) is 0 Å². The Kier molecular flexibility index (Phi) is 8.40. The third kappa shape index (κ3) is 6.07. The molecule has 1 aromatic heterocycles. The van der Waals surface area contributed by atoms with Crippen molar-refractivity contribution in [1.82, 2.24) is 9.29 Å². The first-order valence-corrected chi connectivity index (χ1v) is 13.6. The Morgan fingerprint density at radius 2 is 1.73 bits per heavy atom. The van der Waals surface area contributed by atoms with Crippen LogP contribution in [0.4, 0.5) is 5.13 Å². The van der Waals surface area contributed by atoms with E-state index in [-0.39, 0.29) is 10.8 Å². The van der Waals surface area contributed by atoms with Crippen molar-refractivity contribution in [1.29, 1.82) is 0 Å². The highest BCUT2D eigenvalue weighted by Gasteiger charge is 2.22. The lowest BCUT2D eigenvalue weighted by Gasteiger charge is -2.20. The third-order valence-corrected chi connectivity index (χ3v) is 8.21. The molecule has 0 saturated carbocycles. The molecule has 1 N–H and O–H groups in total. The van der Waals surface area contributed by atoms with Gasteiger partial charge in [-0.3, -0.25) is 10.1 Å². The van der Waals surface area contributed by atoms with E-state index in [4.69, 9.17) is 0 Å². The Morgan fingerprint density at radius 1 is 1.06 bits per heavy atom. The molecule has 176 valence electrons. The second-order valence-corrected chi connectivity index (χ2v) is 10.9. The normalized spacial score (nSPS) is 11.8. The van der Waals surface area contributed by atoms with Crippen LogP contribution in [0.5, 0.6) is 0 Å². The summed E-state index contributed by atoms with van der Waals surface area (Å²) in [7, 11) is -3.57. The summed E-state index contributed by atoms with van der Waals surface area (Å²) in [6, 6.07) is 14.3. The molecule has 0 radical (unpaired) electrons. The molecule has 3 rings (SSSR count). The van der Waals surface area contributed by atoms with Gasteiger partial charge < -0.3 is 0 Å². The molecular formula is C25H31N3O3S2. The molecule has 0 fully saturated rings. The summed E-state index contributed by atoms with van der Waals surface area (Å²) in [6.07, 6.45) is 1.73. The lowest BCUT2D eigenvalue weighted by molar-refractivity contribution is 0.102. The lowest BCUT2D eigenvalue weighted by Crippen LogP contribution is -2.31. The highest BCUT2D eigenvalue weighted by Crippen LogP contribution is 2.27. The molecule has 1 heterocycles. The summed E-state index contributed by atoms with van der Waals surface area (Å²) in [4.78, 5) is 17.4. The maximum absolute atomic E-state index is 12.9. The number of thiazole rings is 1. The van der Waals surface area contributed by atoms with Crippen LogP contribution in [0, 0.1) is 0 Å². The summed E-state index contributed by atoms with van der Waals surface area (Å²) in [5.74, 6) is 0.139. The van der Waals surface area contributed by atoms with E-state index in [9.17, 15) is 13.2 Å². The van der Waals surface area contributed by atoms with Gasteiger partial charge in [0.25, 0.3) is 5.91 Å². The van der Waals surface area contributed by atoms with Gasteiger partial charge in [0.1, 0.15) is 0 Å². The number of carbonyl (C=O) groups is 1. The summed E-state index contributed by atoms with van der Waals surface area (Å²) >= 11 is 1.35. The number of sulfonamides is 1. The van der Waals surface area contributed by atoms with Crippen LogP contribution in [-0.4, -0.2) is 36.7 Å². The Labute approximate surface area is 200 Å². The van der Waals surface area contributed by atoms with E-state index >= 15 is 0 Å². The summed E-state index contributed by atoms with van der Waals surface area (Å²) < 4.78 is 27.2. The molecule has 0 aliphatic heterocycles. The van der Waals surface area contributed by atoms with Crippen molar-refractivity contribution in [2.75, 3.05) is 18.4 Å². The Bertz CT molecular complexity index is 1170. The molecule has 0 bridgehead atoms. The van der Waals surface area contributed by atoms with Gasteiger partial charge in [0, 0.05) is 29.6 Å². The van der Waals surface area contributed by atoms with Crippen LogP contribution < -0.4 is 5.32 Å². The minimum Gasteiger partial charge on any atom is -0.298 e. The number of anilines is 1. The number of carbonyl (C=O) groups excluding carboxylic acids is 1. The first-order chi connectivity index (χ1) is 15.8. The molecule has 6 nitrogen and oxygen atoms in total. The zero-order valence-electron chi connectivity index (χ0n) is 19.5. The molecule has 2 aromatic carbocycles. The van der Waals surface area contributed by atoms with Crippen LogP contribution in [0.3, 0.4) is 0 Å². The average molecular weight is 486 g/mol. The Morgan fingerprint density at radius 3 is 2.30 bits per heavy atom. The van der Waals surface area contributed by atoms with Crippen LogP contribution in [-0.2, 0) is 10.0 Å². The number of rotatable bonds is 10. The first-order valence-electron chi connectivity index (χ1n) is 11.2. The van der Waals surface area contributed by atoms with Gasteiger partial charge in [-0.15, -0.1) is 11.3 Å². The van der Waals surface area contributed by atoms with Gasteiger partial charge in [0.2, 0.25) is 10.0 Å². The minimum atomic E-state index is -3.57. The van der Waals surface area contributed by atoms with Crippen LogP contribution in [0.25, 0.3) is 11.3 Å². The topological polar surface area (TPSA) is 79.4 Å². The van der Waals surface area contributed by atoms with Crippen molar-refractivity contribution >= 4 is 32.4 Å². The fourth-order valence-electron chi connectivity index (χ4n) is 3.38. The Hall–Kier alpha value is -2.55. The summed E-state index contributed by atoms with van der Waals surface area (Å²) in [5, 5.41) is 5.21. The van der Waals surface area contributed by atoms with Gasteiger partial charge in [-0.2, -0.15) is 4.31 Å². The van der Waals surface area contributed by atoms with Gasteiger partial charge in [-0.25, -0.2) is 13.4 Å². The van der Waals surface area contributed by atoms with Crippen LogP contribution in [0.1, 0.15) is 62.4 Å². The lowest BCUT2D eigenvalue weighted by atomic mass is 10.0. The molecule has 0 atom stereocenters. The number of aromatic nitrogens is 1. The molecular weight excluding hydrogens is 454 g/mol. The van der Waals surface area contributed by atoms with Crippen LogP contribution in [0.2, 0.25) is 0 Å². The molecule has 33 heavy (non-hydrogen) atoms. The predicted octanol–water partition coefficient (Wildman–Crippen LogP) is 6.00. The van der Waals surface area contributed by atoms with E-state index in [0.29, 0.717) is 29.7 Å². The zero-order valence-corrected chi connectivity index (χ0v) is 21.2. The van der Waals surface area contributed by atoms with E-state index < -0.39 is 10.0 Å². The highest BCUT2D eigenvalue weighted by molar-refractivity contribution is 7.89. The predicted molar refractivity (Wildman–Crippen MR) is 135 cm³/mol. The second-order valence-electron chi connectivity index (χ2n) is 8.14. The molecule has 3 aromatic rings. The molecule has 0 spiro atoms. The van der Waals surface area contributed by atoms with Crippen molar-refractivity contribution in [2.45, 2.75) is 51.3 Å². The number of amides is 1. The second kappa shape index (κ2) is 11.0. The van der Waals surface area contributed by atoms with Gasteiger partial charge in [-0.1, -0.05) is 58.4 Å². The quantitative estimate of drug-likeness (QED) is 0.382. The van der Waals surface area contributed by atoms with Crippen molar-refractivity contribution in [3.63, 3.8) is 0 Å². The minimum absolute atomic E-state index is 0.193. The monoisotopic (exact) mass is 485 g/mol. The number of hydrogen-bond donors (Lipinski definition) is 1. The fraction of sp³-hybridized carbons (Fsp3) is 0.360. The smallest absolute Gasteiger partial charge is 0.257 e.